The van der Waals surface area contributed by atoms with Gasteiger partial charge in [-0.3, -0.25) is 4.79 Å². The summed E-state index contributed by atoms with van der Waals surface area (Å²) in [5.74, 6) is 1.20. The molecule has 0 radical (unpaired) electrons. The second-order valence-corrected chi connectivity index (χ2v) is 11.7. The zero-order chi connectivity index (χ0) is 23.0. The SMILES string of the molecule is CC1=C(/O)C(=O)/C=C/[C@]2(C)CC[C@@H](C)[C@@H]3C[C@](C)(N)CC[C@]3(C)CC[C@H](C)\C2=C/C=C/1. The van der Waals surface area contributed by atoms with Crippen LogP contribution in [0.5, 0.6) is 0 Å². The highest BCUT2D eigenvalue weighted by atomic mass is 16.3. The number of carbonyl (C=O) groups is 1. The lowest BCUT2D eigenvalue weighted by Crippen LogP contribution is -2.50. The maximum absolute atomic E-state index is 12.5. The molecule has 3 heteroatoms. The molecule has 2 saturated carbocycles. The van der Waals surface area contributed by atoms with E-state index in [-0.39, 0.29) is 22.5 Å². The van der Waals surface area contributed by atoms with Gasteiger partial charge in [-0.15, -0.1) is 0 Å². The fraction of sp³-hybridized carbons (Fsp3) is 0.679. The normalized spacial score (nSPS) is 48.5. The average molecular weight is 426 g/mol. The monoisotopic (exact) mass is 425 g/mol. The molecular formula is C28H43NO2. The van der Waals surface area contributed by atoms with E-state index in [9.17, 15) is 9.90 Å². The van der Waals surface area contributed by atoms with E-state index in [4.69, 9.17) is 5.73 Å². The third-order valence-corrected chi connectivity index (χ3v) is 8.82. The number of aliphatic hydroxyl groups excluding tert-OH is 1. The Hall–Kier alpha value is -1.61. The smallest absolute Gasteiger partial charge is 0.220 e. The van der Waals surface area contributed by atoms with Crippen LogP contribution in [0.4, 0.5) is 0 Å². The Kier molecular flexibility index (Phi) is 6.77. The minimum Gasteiger partial charge on any atom is -0.504 e. The van der Waals surface area contributed by atoms with Crippen LogP contribution in [0.3, 0.4) is 0 Å². The van der Waals surface area contributed by atoms with Crippen molar-refractivity contribution < 1.29 is 9.90 Å². The molecule has 0 aromatic rings. The molecule has 3 aliphatic carbocycles. The molecule has 0 amide bonds. The Bertz CT molecular complexity index is 830. The summed E-state index contributed by atoms with van der Waals surface area (Å²) in [6.07, 6.45) is 17.7. The van der Waals surface area contributed by atoms with Crippen molar-refractivity contribution in [1.82, 2.24) is 0 Å². The number of ketones is 1. The number of rotatable bonds is 0. The summed E-state index contributed by atoms with van der Waals surface area (Å²) in [4.78, 5) is 12.5. The number of hydrogen-bond acceptors (Lipinski definition) is 3. The molecule has 3 N–H and O–H groups in total. The zero-order valence-corrected chi connectivity index (χ0v) is 20.5. The first-order valence-corrected chi connectivity index (χ1v) is 12.2. The second-order valence-electron chi connectivity index (χ2n) is 11.7. The first kappa shape index (κ1) is 24.0. The minimum atomic E-state index is -0.304. The van der Waals surface area contributed by atoms with Gasteiger partial charge in [-0.1, -0.05) is 57.6 Å². The molecule has 0 aliphatic heterocycles. The largest absolute Gasteiger partial charge is 0.504 e. The van der Waals surface area contributed by atoms with Crippen LogP contribution < -0.4 is 5.73 Å². The van der Waals surface area contributed by atoms with Crippen molar-refractivity contribution in [2.45, 2.75) is 92.0 Å². The predicted molar refractivity (Wildman–Crippen MR) is 130 cm³/mol. The van der Waals surface area contributed by atoms with E-state index in [1.807, 2.05) is 12.2 Å². The van der Waals surface area contributed by atoms with Gasteiger partial charge in [0.05, 0.1) is 0 Å². The molecule has 3 rings (SSSR count). The van der Waals surface area contributed by atoms with Crippen LogP contribution in [0.15, 0.2) is 47.3 Å². The van der Waals surface area contributed by atoms with Crippen LogP contribution in [0, 0.1) is 28.6 Å². The third kappa shape index (κ3) is 5.08. The highest BCUT2D eigenvalue weighted by Crippen LogP contribution is 2.54. The Morgan fingerprint density at radius 3 is 2.45 bits per heavy atom. The highest BCUT2D eigenvalue weighted by molar-refractivity contribution is 6.02. The second kappa shape index (κ2) is 8.73. The predicted octanol–water partition coefficient (Wildman–Crippen LogP) is 6.82. The van der Waals surface area contributed by atoms with Crippen LogP contribution in [0.2, 0.25) is 0 Å². The number of nitrogens with two attached hydrogens (primary N) is 1. The number of fused-ring (bicyclic) bond motifs is 2. The van der Waals surface area contributed by atoms with Crippen LogP contribution in [0.25, 0.3) is 0 Å². The lowest BCUT2D eigenvalue weighted by Gasteiger charge is -2.52. The average Bonchev–Trinajstić information content (AvgIpc) is 2.71. The Morgan fingerprint density at radius 2 is 1.74 bits per heavy atom. The van der Waals surface area contributed by atoms with Gasteiger partial charge in [-0.25, -0.2) is 0 Å². The molecule has 6 atom stereocenters. The lowest BCUT2D eigenvalue weighted by molar-refractivity contribution is -0.113. The van der Waals surface area contributed by atoms with Gasteiger partial charge in [0.15, 0.2) is 5.76 Å². The molecule has 0 heterocycles. The first-order valence-electron chi connectivity index (χ1n) is 12.2. The molecule has 0 saturated heterocycles. The standard InChI is InChI=1S/C28H43NO2/c1-19-10-14-27(5)16-17-28(6,29)18-23(27)20(2)11-13-26(4)15-12-24(30)25(31)21(3)8-7-9-22(19)26/h7-9,12,15,19-20,23,31H,10-11,13-14,16-18,29H2,1-6H3/b8-7+,15-12+,22-9+,25-21+/t19-,20+,23-,26-,27-,28+/m0/s1. The molecule has 0 spiro atoms. The summed E-state index contributed by atoms with van der Waals surface area (Å²) in [5, 5.41) is 10.2. The minimum absolute atomic E-state index is 0.0572. The molecule has 31 heavy (non-hydrogen) atoms. The van der Waals surface area contributed by atoms with Crippen molar-refractivity contribution in [3.63, 3.8) is 0 Å². The Labute approximate surface area is 189 Å². The van der Waals surface area contributed by atoms with E-state index in [1.54, 1.807) is 13.0 Å². The third-order valence-electron chi connectivity index (χ3n) is 8.82. The van der Waals surface area contributed by atoms with E-state index in [1.165, 1.54) is 18.4 Å². The summed E-state index contributed by atoms with van der Waals surface area (Å²) >= 11 is 0. The fourth-order valence-electron chi connectivity index (χ4n) is 6.39. The van der Waals surface area contributed by atoms with Crippen molar-refractivity contribution >= 4 is 5.78 Å². The maximum atomic E-state index is 12.5. The number of aliphatic hydroxyl groups is 1. The zero-order valence-electron chi connectivity index (χ0n) is 20.5. The summed E-state index contributed by atoms with van der Waals surface area (Å²) in [5.41, 5.74) is 8.74. The van der Waals surface area contributed by atoms with Crippen molar-refractivity contribution in [1.29, 1.82) is 0 Å². The lowest BCUT2D eigenvalue weighted by atomic mass is 9.55. The fourth-order valence-corrected chi connectivity index (χ4v) is 6.39. The molecule has 0 aromatic carbocycles. The summed E-state index contributed by atoms with van der Waals surface area (Å²) in [6.45, 7) is 13.5. The molecule has 0 aromatic heterocycles. The van der Waals surface area contributed by atoms with E-state index in [0.29, 0.717) is 28.7 Å². The van der Waals surface area contributed by atoms with Crippen LogP contribution in [-0.2, 0) is 4.79 Å². The topological polar surface area (TPSA) is 63.3 Å². The quantitative estimate of drug-likeness (QED) is 0.448. The molecule has 172 valence electrons. The summed E-state index contributed by atoms with van der Waals surface area (Å²) < 4.78 is 0. The maximum Gasteiger partial charge on any atom is 0.220 e. The van der Waals surface area contributed by atoms with Gasteiger partial charge in [0.2, 0.25) is 5.78 Å². The van der Waals surface area contributed by atoms with Gasteiger partial charge in [-0.05, 0) is 93.6 Å². The molecule has 2 fully saturated rings. The molecule has 3 nitrogen and oxygen atoms in total. The van der Waals surface area contributed by atoms with Crippen molar-refractivity contribution in [3.05, 3.63) is 47.3 Å². The van der Waals surface area contributed by atoms with Crippen molar-refractivity contribution in [3.8, 4) is 0 Å². The molecule has 0 unspecified atom stereocenters. The van der Waals surface area contributed by atoms with E-state index in [2.05, 4.69) is 46.8 Å². The molecular weight excluding hydrogens is 382 g/mol. The van der Waals surface area contributed by atoms with Crippen molar-refractivity contribution in [2.24, 2.45) is 34.3 Å². The van der Waals surface area contributed by atoms with Crippen molar-refractivity contribution in [2.75, 3.05) is 0 Å². The van der Waals surface area contributed by atoms with Gasteiger partial charge in [0.1, 0.15) is 0 Å². The van der Waals surface area contributed by atoms with Gasteiger partial charge in [0, 0.05) is 11.0 Å². The van der Waals surface area contributed by atoms with E-state index in [0.717, 1.165) is 32.1 Å². The summed E-state index contributed by atoms with van der Waals surface area (Å²) in [7, 11) is 0. The van der Waals surface area contributed by atoms with Gasteiger partial charge >= 0.3 is 0 Å². The van der Waals surface area contributed by atoms with Gasteiger partial charge < -0.3 is 10.8 Å². The van der Waals surface area contributed by atoms with Crippen LogP contribution in [0.1, 0.15) is 86.5 Å². The van der Waals surface area contributed by atoms with Gasteiger partial charge in [-0.2, -0.15) is 0 Å². The molecule has 3 aliphatic rings. The summed E-state index contributed by atoms with van der Waals surface area (Å²) in [6, 6.07) is 0. The number of carbonyl (C=O) groups excluding carboxylic acids is 1. The Balaban J connectivity index is 2.01. The Morgan fingerprint density at radius 1 is 1.03 bits per heavy atom. The highest BCUT2D eigenvalue weighted by Gasteiger charge is 2.46. The number of allylic oxidation sites excluding steroid dienone is 7. The number of hydrogen-bond donors (Lipinski definition) is 2. The first-order chi connectivity index (χ1) is 14.4. The van der Waals surface area contributed by atoms with E-state index >= 15 is 0 Å². The van der Waals surface area contributed by atoms with Gasteiger partial charge in [0.25, 0.3) is 0 Å². The molecule has 0 bridgehead atoms. The van der Waals surface area contributed by atoms with E-state index < -0.39 is 0 Å². The van der Waals surface area contributed by atoms with Crippen LogP contribution in [-0.4, -0.2) is 16.4 Å². The van der Waals surface area contributed by atoms with Crippen LogP contribution >= 0.6 is 0 Å².